The Morgan fingerprint density at radius 3 is 2.70 bits per heavy atom. The van der Waals surface area contributed by atoms with E-state index in [2.05, 4.69) is 4.98 Å². The predicted molar refractivity (Wildman–Crippen MR) is 69.4 cm³/mol. The standard InChI is InChI=1S/C13H9ClF2N2O2/c14-9-6-10(15)12(17-11(9)16)18-13(19)20-7-8-4-2-1-3-5-8/h1-6H,7H2,(H,17,18,19). The van der Waals surface area contributed by atoms with Gasteiger partial charge in [0.15, 0.2) is 11.6 Å². The number of amides is 1. The van der Waals surface area contributed by atoms with Gasteiger partial charge in [0.25, 0.3) is 0 Å². The molecule has 0 aliphatic heterocycles. The van der Waals surface area contributed by atoms with Crippen LogP contribution in [0.3, 0.4) is 0 Å². The summed E-state index contributed by atoms with van der Waals surface area (Å²) < 4.78 is 31.3. The second kappa shape index (κ2) is 6.29. The van der Waals surface area contributed by atoms with Gasteiger partial charge in [0.05, 0.1) is 5.02 Å². The van der Waals surface area contributed by atoms with E-state index in [4.69, 9.17) is 16.3 Å². The number of carbonyl (C=O) groups is 1. The highest BCUT2D eigenvalue weighted by molar-refractivity contribution is 6.30. The van der Waals surface area contributed by atoms with Gasteiger partial charge in [-0.1, -0.05) is 41.9 Å². The SMILES string of the molecule is O=C(Nc1nc(F)c(Cl)cc1F)OCc1ccccc1. The van der Waals surface area contributed by atoms with Crippen molar-refractivity contribution < 1.29 is 18.3 Å². The van der Waals surface area contributed by atoms with Crippen LogP contribution in [0.4, 0.5) is 19.4 Å². The summed E-state index contributed by atoms with van der Waals surface area (Å²) in [6.07, 6.45) is -0.943. The van der Waals surface area contributed by atoms with Crippen LogP contribution in [-0.2, 0) is 11.3 Å². The molecule has 20 heavy (non-hydrogen) atoms. The number of benzene rings is 1. The van der Waals surface area contributed by atoms with Crippen LogP contribution in [0.5, 0.6) is 0 Å². The number of nitrogens with zero attached hydrogens (tertiary/aromatic N) is 1. The van der Waals surface area contributed by atoms with Crippen molar-refractivity contribution in [2.75, 3.05) is 5.32 Å². The average Bonchev–Trinajstić information content (AvgIpc) is 2.44. The van der Waals surface area contributed by atoms with Gasteiger partial charge >= 0.3 is 6.09 Å². The molecule has 0 aliphatic rings. The van der Waals surface area contributed by atoms with Crippen molar-refractivity contribution in [2.24, 2.45) is 0 Å². The summed E-state index contributed by atoms with van der Waals surface area (Å²) in [5.41, 5.74) is 0.762. The van der Waals surface area contributed by atoms with E-state index in [1.807, 2.05) is 11.4 Å². The number of pyridine rings is 1. The number of anilines is 1. The molecule has 0 spiro atoms. The van der Waals surface area contributed by atoms with Crippen LogP contribution in [-0.4, -0.2) is 11.1 Å². The number of ether oxygens (including phenoxy) is 1. The molecule has 0 unspecified atom stereocenters. The molecule has 4 nitrogen and oxygen atoms in total. The fourth-order valence-electron chi connectivity index (χ4n) is 1.39. The van der Waals surface area contributed by atoms with Crippen molar-refractivity contribution in [1.29, 1.82) is 0 Å². The van der Waals surface area contributed by atoms with Crippen molar-refractivity contribution >= 4 is 23.5 Å². The van der Waals surface area contributed by atoms with E-state index in [0.29, 0.717) is 0 Å². The maximum Gasteiger partial charge on any atom is 0.413 e. The van der Waals surface area contributed by atoms with Gasteiger partial charge in [0.2, 0.25) is 5.95 Å². The number of carbonyl (C=O) groups excluding carboxylic acids is 1. The minimum Gasteiger partial charge on any atom is -0.444 e. The highest BCUT2D eigenvalue weighted by Crippen LogP contribution is 2.19. The second-order valence-electron chi connectivity index (χ2n) is 3.78. The minimum atomic E-state index is -1.08. The molecule has 0 saturated carbocycles. The second-order valence-corrected chi connectivity index (χ2v) is 4.19. The van der Waals surface area contributed by atoms with Gasteiger partial charge in [-0.15, -0.1) is 0 Å². The van der Waals surface area contributed by atoms with Crippen molar-refractivity contribution in [3.8, 4) is 0 Å². The normalized spacial score (nSPS) is 10.2. The lowest BCUT2D eigenvalue weighted by atomic mass is 10.2. The smallest absolute Gasteiger partial charge is 0.413 e. The Labute approximate surface area is 118 Å². The van der Waals surface area contributed by atoms with Crippen molar-refractivity contribution in [3.63, 3.8) is 0 Å². The van der Waals surface area contributed by atoms with E-state index in [9.17, 15) is 13.6 Å². The van der Waals surface area contributed by atoms with E-state index in [1.165, 1.54) is 0 Å². The van der Waals surface area contributed by atoms with Gasteiger partial charge < -0.3 is 4.74 Å². The van der Waals surface area contributed by atoms with Gasteiger partial charge in [-0.05, 0) is 5.56 Å². The summed E-state index contributed by atoms with van der Waals surface area (Å²) in [5.74, 6) is -2.61. The minimum absolute atomic E-state index is 0.00433. The van der Waals surface area contributed by atoms with E-state index in [-0.39, 0.29) is 6.61 Å². The fourth-order valence-corrected chi connectivity index (χ4v) is 1.53. The lowest BCUT2D eigenvalue weighted by molar-refractivity contribution is 0.155. The van der Waals surface area contributed by atoms with Crippen molar-refractivity contribution in [3.05, 3.63) is 58.7 Å². The lowest BCUT2D eigenvalue weighted by Gasteiger charge is -2.07. The van der Waals surface area contributed by atoms with Crippen molar-refractivity contribution in [2.45, 2.75) is 6.61 Å². The summed E-state index contributed by atoms with van der Waals surface area (Å²) in [6.45, 7) is 0.00433. The van der Waals surface area contributed by atoms with Crippen LogP contribution in [0.2, 0.25) is 5.02 Å². The zero-order valence-corrected chi connectivity index (χ0v) is 10.8. The van der Waals surface area contributed by atoms with E-state index in [1.54, 1.807) is 24.3 Å². The Morgan fingerprint density at radius 2 is 2.00 bits per heavy atom. The predicted octanol–water partition coefficient (Wildman–Crippen LogP) is 3.76. The Morgan fingerprint density at radius 1 is 1.30 bits per heavy atom. The summed E-state index contributed by atoms with van der Waals surface area (Å²) in [7, 11) is 0. The van der Waals surface area contributed by atoms with Crippen LogP contribution in [0.25, 0.3) is 0 Å². The Hall–Kier alpha value is -2.21. The first kappa shape index (κ1) is 14.2. The maximum atomic E-state index is 13.4. The maximum absolute atomic E-state index is 13.4. The van der Waals surface area contributed by atoms with Gasteiger partial charge in [-0.3, -0.25) is 5.32 Å². The van der Waals surface area contributed by atoms with Crippen molar-refractivity contribution in [1.82, 2.24) is 4.98 Å². The summed E-state index contributed by atoms with van der Waals surface area (Å²) in [5, 5.41) is 1.54. The third kappa shape index (κ3) is 3.64. The molecule has 1 amide bonds. The number of hydrogen-bond donors (Lipinski definition) is 1. The molecule has 7 heteroatoms. The molecule has 0 fully saturated rings. The molecule has 2 rings (SSSR count). The quantitative estimate of drug-likeness (QED) is 0.878. The van der Waals surface area contributed by atoms with Gasteiger partial charge in [0, 0.05) is 6.07 Å². The molecule has 0 atom stereocenters. The zero-order chi connectivity index (χ0) is 14.5. The molecular formula is C13H9ClF2N2O2. The van der Waals surface area contributed by atoms with E-state index >= 15 is 0 Å². The van der Waals surface area contributed by atoms with Gasteiger partial charge in [-0.2, -0.15) is 9.37 Å². The summed E-state index contributed by atoms with van der Waals surface area (Å²) in [4.78, 5) is 14.6. The fraction of sp³-hybridized carbons (Fsp3) is 0.0769. The number of rotatable bonds is 3. The van der Waals surface area contributed by atoms with E-state index < -0.39 is 28.7 Å². The lowest BCUT2D eigenvalue weighted by Crippen LogP contribution is -2.16. The molecule has 0 saturated heterocycles. The summed E-state index contributed by atoms with van der Waals surface area (Å²) in [6, 6.07) is 9.62. The van der Waals surface area contributed by atoms with Crippen LogP contribution in [0.15, 0.2) is 36.4 Å². The number of aromatic nitrogens is 1. The van der Waals surface area contributed by atoms with E-state index in [0.717, 1.165) is 11.6 Å². The highest BCUT2D eigenvalue weighted by atomic mass is 35.5. The first-order valence-electron chi connectivity index (χ1n) is 5.55. The average molecular weight is 299 g/mol. The monoisotopic (exact) mass is 298 g/mol. The van der Waals surface area contributed by atoms with Crippen LogP contribution in [0, 0.1) is 11.8 Å². The van der Waals surface area contributed by atoms with Crippen LogP contribution < -0.4 is 5.32 Å². The first-order valence-corrected chi connectivity index (χ1v) is 5.93. The van der Waals surface area contributed by atoms with Gasteiger partial charge in [-0.25, -0.2) is 9.18 Å². The zero-order valence-electron chi connectivity index (χ0n) is 10.1. The number of hydrogen-bond acceptors (Lipinski definition) is 3. The molecule has 0 aliphatic carbocycles. The molecule has 1 N–H and O–H groups in total. The highest BCUT2D eigenvalue weighted by Gasteiger charge is 2.13. The number of halogens is 3. The molecule has 1 heterocycles. The molecule has 104 valence electrons. The third-order valence-electron chi connectivity index (χ3n) is 2.32. The molecule has 0 bridgehead atoms. The summed E-state index contributed by atoms with van der Waals surface area (Å²) >= 11 is 5.34. The Kier molecular flexibility index (Phi) is 4.47. The molecule has 1 aromatic heterocycles. The van der Waals surface area contributed by atoms with Crippen LogP contribution >= 0.6 is 11.6 Å². The topological polar surface area (TPSA) is 51.2 Å². The Bertz CT molecular complexity index is 623. The molecular weight excluding hydrogens is 290 g/mol. The number of nitrogens with one attached hydrogen (secondary N) is 1. The molecule has 1 aromatic carbocycles. The first-order chi connectivity index (χ1) is 9.56. The largest absolute Gasteiger partial charge is 0.444 e. The third-order valence-corrected chi connectivity index (χ3v) is 2.58. The Balaban J connectivity index is 1.97. The molecule has 2 aromatic rings. The molecule has 0 radical (unpaired) electrons. The van der Waals surface area contributed by atoms with Gasteiger partial charge in [0.1, 0.15) is 6.61 Å². The van der Waals surface area contributed by atoms with Crippen LogP contribution in [0.1, 0.15) is 5.56 Å².